The number of rotatable bonds is 6. The summed E-state index contributed by atoms with van der Waals surface area (Å²) in [5, 5.41) is 3.40. The largest absolute Gasteiger partial charge is 0.448 e. The smallest absolute Gasteiger partial charge is 0.181 e. The second-order valence-corrected chi connectivity index (χ2v) is 4.92. The quantitative estimate of drug-likeness (QED) is 0.755. The van der Waals surface area contributed by atoms with E-state index in [1.165, 1.54) is 6.39 Å². The second kappa shape index (κ2) is 6.01. The number of oxazole rings is 1. The van der Waals surface area contributed by atoms with E-state index in [-0.39, 0.29) is 5.54 Å². The maximum atomic E-state index is 5.37. The van der Waals surface area contributed by atoms with Crippen LogP contribution in [0.5, 0.6) is 0 Å². The summed E-state index contributed by atoms with van der Waals surface area (Å²) in [5.74, 6) is 0.966. The van der Waals surface area contributed by atoms with Crippen molar-refractivity contribution in [3.05, 3.63) is 17.8 Å². The summed E-state index contributed by atoms with van der Waals surface area (Å²) in [7, 11) is 1.71. The molecule has 0 aliphatic heterocycles. The van der Waals surface area contributed by atoms with Crippen molar-refractivity contribution >= 4 is 0 Å². The fourth-order valence-corrected chi connectivity index (χ4v) is 1.37. The summed E-state index contributed by atoms with van der Waals surface area (Å²) in [6.45, 7) is 7.92. The summed E-state index contributed by atoms with van der Waals surface area (Å²) >= 11 is 0. The van der Waals surface area contributed by atoms with Crippen LogP contribution in [0.15, 0.2) is 10.8 Å². The minimum Gasteiger partial charge on any atom is -0.448 e. The standard InChI is InChI=1S/C12H22N2O2/c1-12(2,3)14-8-10-11(16-9-13-10)6-5-7-15-4/h9,14H,5-8H2,1-4H3. The lowest BCUT2D eigenvalue weighted by molar-refractivity contribution is 0.193. The molecule has 4 nitrogen and oxygen atoms in total. The summed E-state index contributed by atoms with van der Waals surface area (Å²) in [5.41, 5.74) is 1.11. The van der Waals surface area contributed by atoms with Crippen LogP contribution in [-0.2, 0) is 17.7 Å². The number of nitrogens with one attached hydrogen (secondary N) is 1. The third kappa shape index (κ3) is 4.77. The van der Waals surface area contributed by atoms with E-state index < -0.39 is 0 Å². The molecule has 0 aliphatic rings. The summed E-state index contributed by atoms with van der Waals surface area (Å²) in [6.07, 6.45) is 3.37. The van der Waals surface area contributed by atoms with E-state index in [1.807, 2.05) is 0 Å². The number of aryl methyl sites for hydroxylation is 1. The molecule has 0 aromatic carbocycles. The minimum absolute atomic E-state index is 0.1000. The Balaban J connectivity index is 2.44. The van der Waals surface area contributed by atoms with Crippen LogP contribution in [0, 0.1) is 0 Å². The number of methoxy groups -OCH3 is 1. The van der Waals surface area contributed by atoms with E-state index in [9.17, 15) is 0 Å². The molecule has 1 rings (SSSR count). The molecule has 0 bridgehead atoms. The predicted molar refractivity (Wildman–Crippen MR) is 63.3 cm³/mol. The normalized spacial score (nSPS) is 12.0. The van der Waals surface area contributed by atoms with E-state index in [1.54, 1.807) is 7.11 Å². The maximum absolute atomic E-state index is 5.37. The van der Waals surface area contributed by atoms with E-state index in [0.29, 0.717) is 0 Å². The Hall–Kier alpha value is -0.870. The molecule has 0 amide bonds. The summed E-state index contributed by atoms with van der Waals surface area (Å²) in [6, 6.07) is 0. The second-order valence-electron chi connectivity index (χ2n) is 4.92. The van der Waals surface area contributed by atoms with Crippen LogP contribution in [0.1, 0.15) is 38.6 Å². The van der Waals surface area contributed by atoms with Gasteiger partial charge in [0.2, 0.25) is 0 Å². The molecule has 0 aliphatic carbocycles. The first-order chi connectivity index (χ1) is 7.53. The Morgan fingerprint density at radius 1 is 1.44 bits per heavy atom. The van der Waals surface area contributed by atoms with Gasteiger partial charge in [-0.2, -0.15) is 0 Å². The van der Waals surface area contributed by atoms with Crippen molar-refractivity contribution in [3.63, 3.8) is 0 Å². The van der Waals surface area contributed by atoms with Gasteiger partial charge < -0.3 is 14.5 Å². The van der Waals surface area contributed by atoms with Crippen molar-refractivity contribution < 1.29 is 9.15 Å². The fraction of sp³-hybridized carbons (Fsp3) is 0.750. The molecule has 0 unspecified atom stereocenters. The SMILES string of the molecule is COCCCc1ocnc1CNC(C)(C)C. The fourth-order valence-electron chi connectivity index (χ4n) is 1.37. The molecule has 0 radical (unpaired) electrons. The van der Waals surface area contributed by atoms with Gasteiger partial charge in [-0.15, -0.1) is 0 Å². The average Bonchev–Trinajstić information content (AvgIpc) is 2.62. The highest BCUT2D eigenvalue weighted by molar-refractivity contribution is 5.07. The number of hydrogen-bond acceptors (Lipinski definition) is 4. The van der Waals surface area contributed by atoms with Crippen LogP contribution in [0.3, 0.4) is 0 Å². The molecule has 0 saturated carbocycles. The van der Waals surface area contributed by atoms with Crippen LogP contribution < -0.4 is 5.32 Å². The van der Waals surface area contributed by atoms with Gasteiger partial charge in [-0.25, -0.2) is 4.98 Å². The molecule has 1 aromatic rings. The molecule has 4 heteroatoms. The van der Waals surface area contributed by atoms with Crippen molar-refractivity contribution in [1.82, 2.24) is 10.3 Å². The van der Waals surface area contributed by atoms with Gasteiger partial charge in [0.15, 0.2) is 6.39 Å². The highest BCUT2D eigenvalue weighted by atomic mass is 16.5. The highest BCUT2D eigenvalue weighted by Gasteiger charge is 2.12. The van der Waals surface area contributed by atoms with Crippen LogP contribution in [-0.4, -0.2) is 24.2 Å². The number of aromatic nitrogens is 1. The highest BCUT2D eigenvalue weighted by Crippen LogP contribution is 2.11. The molecule has 0 fully saturated rings. The van der Waals surface area contributed by atoms with Gasteiger partial charge >= 0.3 is 0 Å². The van der Waals surface area contributed by atoms with E-state index in [2.05, 4.69) is 31.1 Å². The monoisotopic (exact) mass is 226 g/mol. The minimum atomic E-state index is 0.1000. The van der Waals surface area contributed by atoms with Gasteiger partial charge in [0.05, 0.1) is 5.69 Å². The first-order valence-electron chi connectivity index (χ1n) is 5.68. The van der Waals surface area contributed by atoms with Crippen molar-refractivity contribution in [2.24, 2.45) is 0 Å². The maximum Gasteiger partial charge on any atom is 0.181 e. The van der Waals surface area contributed by atoms with Gasteiger partial charge in [0.25, 0.3) is 0 Å². The van der Waals surface area contributed by atoms with Gasteiger partial charge in [-0.3, -0.25) is 0 Å². The van der Waals surface area contributed by atoms with E-state index in [4.69, 9.17) is 9.15 Å². The van der Waals surface area contributed by atoms with E-state index in [0.717, 1.165) is 37.4 Å². The Morgan fingerprint density at radius 2 is 2.19 bits per heavy atom. The van der Waals surface area contributed by atoms with Crippen molar-refractivity contribution in [1.29, 1.82) is 0 Å². The Labute approximate surface area is 97.4 Å². The van der Waals surface area contributed by atoms with Crippen LogP contribution >= 0.6 is 0 Å². The van der Waals surface area contributed by atoms with Crippen molar-refractivity contribution in [3.8, 4) is 0 Å². The zero-order valence-electron chi connectivity index (χ0n) is 10.7. The molecular weight excluding hydrogens is 204 g/mol. The van der Waals surface area contributed by atoms with Crippen LogP contribution in [0.2, 0.25) is 0 Å². The van der Waals surface area contributed by atoms with Gasteiger partial charge in [-0.1, -0.05) is 0 Å². The first kappa shape index (κ1) is 13.2. The third-order valence-corrected chi connectivity index (χ3v) is 2.26. The zero-order chi connectivity index (χ0) is 12.0. The molecule has 0 spiro atoms. The van der Waals surface area contributed by atoms with Gasteiger partial charge in [-0.05, 0) is 27.2 Å². The summed E-state index contributed by atoms with van der Waals surface area (Å²) in [4.78, 5) is 4.23. The molecule has 1 aromatic heterocycles. The lowest BCUT2D eigenvalue weighted by atomic mass is 10.1. The average molecular weight is 226 g/mol. The molecule has 1 N–H and O–H groups in total. The number of ether oxygens (including phenoxy) is 1. The Bertz CT molecular complexity index is 302. The topological polar surface area (TPSA) is 47.3 Å². The summed E-state index contributed by atoms with van der Waals surface area (Å²) < 4.78 is 10.4. The lowest BCUT2D eigenvalue weighted by Gasteiger charge is -2.19. The zero-order valence-corrected chi connectivity index (χ0v) is 10.7. The first-order valence-corrected chi connectivity index (χ1v) is 5.68. The number of nitrogens with zero attached hydrogens (tertiary/aromatic N) is 1. The van der Waals surface area contributed by atoms with Gasteiger partial charge in [0, 0.05) is 32.2 Å². The van der Waals surface area contributed by atoms with Crippen molar-refractivity contribution in [2.75, 3.05) is 13.7 Å². The van der Waals surface area contributed by atoms with Crippen molar-refractivity contribution in [2.45, 2.75) is 45.7 Å². The molecule has 1 heterocycles. The van der Waals surface area contributed by atoms with E-state index >= 15 is 0 Å². The van der Waals surface area contributed by atoms with Gasteiger partial charge in [0.1, 0.15) is 5.76 Å². The van der Waals surface area contributed by atoms with Crippen LogP contribution in [0.4, 0.5) is 0 Å². The molecule has 16 heavy (non-hydrogen) atoms. The molecule has 0 saturated heterocycles. The van der Waals surface area contributed by atoms with Crippen LogP contribution in [0.25, 0.3) is 0 Å². The molecule has 0 atom stereocenters. The third-order valence-electron chi connectivity index (χ3n) is 2.26. The Morgan fingerprint density at radius 3 is 2.81 bits per heavy atom. The molecular formula is C12H22N2O2. The Kier molecular flexibility index (Phi) is 4.96. The molecule has 92 valence electrons. The predicted octanol–water partition coefficient (Wildman–Crippen LogP) is 2.14. The lowest BCUT2D eigenvalue weighted by Crippen LogP contribution is -2.35. The number of hydrogen-bond donors (Lipinski definition) is 1.